The number of nitrogens with one attached hydrogen (secondary N) is 1. The molecule has 1 aliphatic rings. The molecule has 88 valence electrons. The molecule has 2 nitrogen and oxygen atoms in total. The van der Waals surface area contributed by atoms with Gasteiger partial charge in [0.15, 0.2) is 11.6 Å². The molecule has 1 saturated carbocycles. The lowest BCUT2D eigenvalue weighted by Gasteiger charge is -2.14. The van der Waals surface area contributed by atoms with Crippen molar-refractivity contribution in [2.75, 3.05) is 12.4 Å². The van der Waals surface area contributed by atoms with E-state index in [0.29, 0.717) is 11.8 Å². The summed E-state index contributed by atoms with van der Waals surface area (Å²) >= 11 is 0. The molecule has 0 aliphatic heterocycles. The Balaban J connectivity index is 2.04. The summed E-state index contributed by atoms with van der Waals surface area (Å²) in [5, 5.41) is 3.43. The molecular weight excluding hydrogens is 205 g/mol. The number of halogens is 1. The molecule has 2 atom stereocenters. The molecule has 2 unspecified atom stereocenters. The SMILES string of the molecule is COc1cc(NC2CCC(C)C2)ccc1F. The summed E-state index contributed by atoms with van der Waals surface area (Å²) < 4.78 is 18.1. The van der Waals surface area contributed by atoms with Gasteiger partial charge < -0.3 is 10.1 Å². The Hall–Kier alpha value is -1.25. The molecule has 2 rings (SSSR count). The molecule has 1 aliphatic carbocycles. The molecule has 3 heteroatoms. The summed E-state index contributed by atoms with van der Waals surface area (Å²) in [7, 11) is 1.49. The van der Waals surface area contributed by atoms with Gasteiger partial charge >= 0.3 is 0 Å². The van der Waals surface area contributed by atoms with Gasteiger partial charge in [0.2, 0.25) is 0 Å². The fraction of sp³-hybridized carbons (Fsp3) is 0.538. The van der Waals surface area contributed by atoms with Crippen LogP contribution in [0, 0.1) is 11.7 Å². The molecule has 0 heterocycles. The van der Waals surface area contributed by atoms with E-state index in [1.54, 1.807) is 12.1 Å². The maximum absolute atomic E-state index is 13.2. The van der Waals surface area contributed by atoms with E-state index in [4.69, 9.17) is 4.74 Å². The number of methoxy groups -OCH3 is 1. The maximum atomic E-state index is 13.2. The number of hydrogen-bond donors (Lipinski definition) is 1. The lowest BCUT2D eigenvalue weighted by atomic mass is 10.1. The molecule has 1 aromatic rings. The summed E-state index contributed by atoms with van der Waals surface area (Å²) in [4.78, 5) is 0. The Kier molecular flexibility index (Phi) is 3.32. The van der Waals surface area contributed by atoms with Crippen LogP contribution in [-0.4, -0.2) is 13.2 Å². The van der Waals surface area contributed by atoms with Crippen molar-refractivity contribution in [1.82, 2.24) is 0 Å². The fourth-order valence-electron chi connectivity index (χ4n) is 2.32. The Morgan fingerprint density at radius 3 is 2.81 bits per heavy atom. The van der Waals surface area contributed by atoms with Crippen molar-refractivity contribution in [1.29, 1.82) is 0 Å². The fourth-order valence-corrected chi connectivity index (χ4v) is 2.32. The summed E-state index contributed by atoms with van der Waals surface area (Å²) in [5.74, 6) is 0.781. The Bertz CT molecular complexity index is 367. The highest BCUT2D eigenvalue weighted by atomic mass is 19.1. The third-order valence-corrected chi connectivity index (χ3v) is 3.22. The van der Waals surface area contributed by atoms with Gasteiger partial charge in [-0.25, -0.2) is 4.39 Å². The Morgan fingerprint density at radius 2 is 2.19 bits per heavy atom. The maximum Gasteiger partial charge on any atom is 0.165 e. The zero-order chi connectivity index (χ0) is 11.5. The van der Waals surface area contributed by atoms with E-state index in [-0.39, 0.29) is 5.82 Å². The minimum atomic E-state index is -0.312. The highest BCUT2D eigenvalue weighted by Gasteiger charge is 2.21. The van der Waals surface area contributed by atoms with Crippen molar-refractivity contribution in [3.8, 4) is 5.75 Å². The Labute approximate surface area is 95.8 Å². The molecule has 1 fully saturated rings. The average Bonchev–Trinajstić information content (AvgIpc) is 2.67. The third kappa shape index (κ3) is 2.46. The van der Waals surface area contributed by atoms with E-state index >= 15 is 0 Å². The lowest BCUT2D eigenvalue weighted by Crippen LogP contribution is -2.15. The van der Waals surface area contributed by atoms with Crippen LogP contribution in [0.5, 0.6) is 5.75 Å². The van der Waals surface area contributed by atoms with Gasteiger partial charge in [-0.3, -0.25) is 0 Å². The van der Waals surface area contributed by atoms with Crippen LogP contribution >= 0.6 is 0 Å². The second kappa shape index (κ2) is 4.73. The van der Waals surface area contributed by atoms with Crippen LogP contribution < -0.4 is 10.1 Å². The quantitative estimate of drug-likeness (QED) is 0.847. The largest absolute Gasteiger partial charge is 0.494 e. The van der Waals surface area contributed by atoms with Gasteiger partial charge in [-0.05, 0) is 37.3 Å². The molecule has 0 aromatic heterocycles. The molecule has 1 N–H and O–H groups in total. The van der Waals surface area contributed by atoms with Crippen LogP contribution in [0.25, 0.3) is 0 Å². The number of benzene rings is 1. The molecule has 16 heavy (non-hydrogen) atoms. The second-order valence-corrected chi connectivity index (χ2v) is 4.61. The Morgan fingerprint density at radius 1 is 1.38 bits per heavy atom. The van der Waals surface area contributed by atoms with Crippen LogP contribution in [0.1, 0.15) is 26.2 Å². The van der Waals surface area contributed by atoms with Crippen LogP contribution in [0.4, 0.5) is 10.1 Å². The zero-order valence-electron chi connectivity index (χ0n) is 9.79. The first-order chi connectivity index (χ1) is 7.69. The van der Waals surface area contributed by atoms with Gasteiger partial charge in [0.05, 0.1) is 7.11 Å². The van der Waals surface area contributed by atoms with E-state index in [0.717, 1.165) is 11.6 Å². The molecule has 0 spiro atoms. The molecule has 0 radical (unpaired) electrons. The summed E-state index contributed by atoms with van der Waals surface area (Å²) in [6.07, 6.45) is 3.66. The third-order valence-electron chi connectivity index (χ3n) is 3.22. The zero-order valence-corrected chi connectivity index (χ0v) is 9.79. The first-order valence-electron chi connectivity index (χ1n) is 5.79. The molecule has 1 aromatic carbocycles. The first kappa shape index (κ1) is 11.2. The van der Waals surface area contributed by atoms with Crippen molar-refractivity contribution in [3.05, 3.63) is 24.0 Å². The smallest absolute Gasteiger partial charge is 0.165 e. The molecule has 0 saturated heterocycles. The van der Waals surface area contributed by atoms with Gasteiger partial charge in [-0.2, -0.15) is 0 Å². The van der Waals surface area contributed by atoms with Crippen LogP contribution in [0.2, 0.25) is 0 Å². The summed E-state index contributed by atoms with van der Waals surface area (Å²) in [6, 6.07) is 5.45. The van der Waals surface area contributed by atoms with Crippen LogP contribution in [0.15, 0.2) is 18.2 Å². The lowest BCUT2D eigenvalue weighted by molar-refractivity contribution is 0.386. The standard InChI is InChI=1S/C13H18FNO/c1-9-3-4-10(7-9)15-11-5-6-12(14)13(8-11)16-2/h5-6,8-10,15H,3-4,7H2,1-2H3. The number of ether oxygens (including phenoxy) is 1. The summed E-state index contributed by atoms with van der Waals surface area (Å²) in [6.45, 7) is 2.27. The van der Waals surface area contributed by atoms with Crippen molar-refractivity contribution in [3.63, 3.8) is 0 Å². The van der Waals surface area contributed by atoms with Gasteiger partial charge in [-0.15, -0.1) is 0 Å². The van der Waals surface area contributed by atoms with Gasteiger partial charge in [0.25, 0.3) is 0 Å². The van der Waals surface area contributed by atoms with Crippen LogP contribution in [0.3, 0.4) is 0 Å². The van der Waals surface area contributed by atoms with E-state index in [1.807, 2.05) is 0 Å². The van der Waals surface area contributed by atoms with Crippen LogP contribution in [-0.2, 0) is 0 Å². The molecule has 0 bridgehead atoms. The van der Waals surface area contributed by atoms with E-state index in [2.05, 4.69) is 12.2 Å². The van der Waals surface area contributed by atoms with E-state index < -0.39 is 0 Å². The predicted octanol–water partition coefficient (Wildman–Crippen LogP) is 3.43. The first-order valence-corrected chi connectivity index (χ1v) is 5.79. The molecular formula is C13H18FNO. The highest BCUT2D eigenvalue weighted by molar-refractivity contribution is 5.49. The molecule has 0 amide bonds. The van der Waals surface area contributed by atoms with E-state index in [1.165, 1.54) is 32.4 Å². The van der Waals surface area contributed by atoms with Gasteiger partial charge in [0, 0.05) is 17.8 Å². The minimum absolute atomic E-state index is 0.302. The van der Waals surface area contributed by atoms with Gasteiger partial charge in [0.1, 0.15) is 0 Å². The second-order valence-electron chi connectivity index (χ2n) is 4.61. The predicted molar refractivity (Wildman–Crippen MR) is 63.4 cm³/mol. The van der Waals surface area contributed by atoms with Crippen molar-refractivity contribution >= 4 is 5.69 Å². The number of rotatable bonds is 3. The average molecular weight is 223 g/mol. The minimum Gasteiger partial charge on any atom is -0.494 e. The highest BCUT2D eigenvalue weighted by Crippen LogP contribution is 2.29. The van der Waals surface area contributed by atoms with Gasteiger partial charge in [-0.1, -0.05) is 6.92 Å². The normalized spacial score (nSPS) is 24.4. The summed E-state index contributed by atoms with van der Waals surface area (Å²) in [5.41, 5.74) is 0.942. The van der Waals surface area contributed by atoms with Crippen molar-refractivity contribution < 1.29 is 9.13 Å². The van der Waals surface area contributed by atoms with Crippen molar-refractivity contribution in [2.24, 2.45) is 5.92 Å². The van der Waals surface area contributed by atoms with Crippen molar-refractivity contribution in [2.45, 2.75) is 32.2 Å². The number of anilines is 1. The number of hydrogen-bond acceptors (Lipinski definition) is 2. The van der Waals surface area contributed by atoms with E-state index in [9.17, 15) is 4.39 Å². The topological polar surface area (TPSA) is 21.3 Å². The monoisotopic (exact) mass is 223 g/mol.